The Balaban J connectivity index is 1.61. The van der Waals surface area contributed by atoms with E-state index < -0.39 is 0 Å². The van der Waals surface area contributed by atoms with Gasteiger partial charge in [-0.3, -0.25) is 9.78 Å². The van der Waals surface area contributed by atoms with Crippen LogP contribution in [0.3, 0.4) is 0 Å². The molecular formula is C21H25ClN2O. The van der Waals surface area contributed by atoms with Gasteiger partial charge < -0.3 is 5.32 Å². The largest absolute Gasteiger partial charge is 0.349 e. The maximum absolute atomic E-state index is 12.7. The number of halogens is 1. The summed E-state index contributed by atoms with van der Waals surface area (Å²) in [5.74, 6) is 0.0180. The second-order valence-electron chi connectivity index (χ2n) is 7.45. The highest BCUT2D eigenvalue weighted by Gasteiger charge is 2.19. The normalized spacial score (nSPS) is 18.6. The van der Waals surface area contributed by atoms with E-state index >= 15 is 0 Å². The first kappa shape index (κ1) is 16.8. The van der Waals surface area contributed by atoms with Gasteiger partial charge in [-0.1, -0.05) is 43.4 Å². The highest BCUT2D eigenvalue weighted by atomic mass is 35.5. The predicted molar refractivity (Wildman–Crippen MR) is 102 cm³/mol. The quantitative estimate of drug-likeness (QED) is 0.749. The Morgan fingerprint density at radius 1 is 1.04 bits per heavy atom. The van der Waals surface area contributed by atoms with Gasteiger partial charge >= 0.3 is 0 Å². The maximum Gasteiger partial charge on any atom is 0.251 e. The van der Waals surface area contributed by atoms with Crippen LogP contribution in [-0.2, 0) is 12.8 Å². The molecule has 0 bridgehead atoms. The Morgan fingerprint density at radius 2 is 1.80 bits per heavy atom. The number of carbonyl (C=O) groups excluding carboxylic acids is 1. The molecule has 25 heavy (non-hydrogen) atoms. The zero-order valence-electron chi connectivity index (χ0n) is 14.6. The lowest BCUT2D eigenvalue weighted by Crippen LogP contribution is -2.34. The summed E-state index contributed by atoms with van der Waals surface area (Å²) in [6.07, 6.45) is 11.5. The van der Waals surface area contributed by atoms with Crippen LogP contribution in [0.25, 0.3) is 10.9 Å². The van der Waals surface area contributed by atoms with E-state index in [0.29, 0.717) is 11.6 Å². The summed E-state index contributed by atoms with van der Waals surface area (Å²) in [5.41, 5.74) is 3.86. The lowest BCUT2D eigenvalue weighted by atomic mass is 9.94. The van der Waals surface area contributed by atoms with Crippen LogP contribution in [0.4, 0.5) is 0 Å². The number of hydrogen-bond acceptors (Lipinski definition) is 2. The van der Waals surface area contributed by atoms with Crippen LogP contribution in [0.1, 0.15) is 73.0 Å². The van der Waals surface area contributed by atoms with E-state index in [1.165, 1.54) is 44.1 Å². The topological polar surface area (TPSA) is 42.0 Å². The summed E-state index contributed by atoms with van der Waals surface area (Å²) in [6.45, 7) is 0. The van der Waals surface area contributed by atoms with Gasteiger partial charge in [0.1, 0.15) is 0 Å². The molecular weight excluding hydrogens is 332 g/mol. The minimum Gasteiger partial charge on any atom is -0.349 e. The predicted octanol–water partition coefficient (Wildman–Crippen LogP) is 5.22. The summed E-state index contributed by atoms with van der Waals surface area (Å²) in [4.78, 5) is 17.5. The average molecular weight is 357 g/mol. The molecule has 1 heterocycles. The van der Waals surface area contributed by atoms with Crippen molar-refractivity contribution in [1.82, 2.24) is 10.3 Å². The van der Waals surface area contributed by atoms with Crippen LogP contribution in [0.2, 0.25) is 5.02 Å². The fraction of sp³-hybridized carbons (Fsp3) is 0.524. The standard InChI is InChI=1S/C21H25ClN2O/c22-20-16-9-5-6-10-18(16)24-19-13-14(11-12-17(19)20)21(25)23-15-7-3-1-2-4-8-15/h11-13,15H,1-10H2,(H,23,25). The van der Waals surface area contributed by atoms with Crippen molar-refractivity contribution in [2.45, 2.75) is 70.3 Å². The monoisotopic (exact) mass is 356 g/mol. The third-order valence-corrected chi connectivity index (χ3v) is 6.08. The first-order chi connectivity index (χ1) is 12.2. The molecule has 3 nitrogen and oxygen atoms in total. The highest BCUT2D eigenvalue weighted by molar-refractivity contribution is 6.36. The molecule has 4 rings (SSSR count). The van der Waals surface area contributed by atoms with Crippen LogP contribution in [0.5, 0.6) is 0 Å². The SMILES string of the molecule is O=C(NC1CCCCCC1)c1ccc2c(Cl)c3c(nc2c1)CCCC3. The smallest absolute Gasteiger partial charge is 0.251 e. The van der Waals surface area contributed by atoms with E-state index in [-0.39, 0.29) is 5.91 Å². The van der Waals surface area contributed by atoms with Gasteiger partial charge in [0.25, 0.3) is 5.91 Å². The van der Waals surface area contributed by atoms with Gasteiger partial charge in [-0.15, -0.1) is 0 Å². The molecule has 2 aliphatic carbocycles. The number of nitrogens with zero attached hydrogens (tertiary/aromatic N) is 1. The summed E-state index contributed by atoms with van der Waals surface area (Å²) >= 11 is 6.62. The van der Waals surface area contributed by atoms with Crippen LogP contribution >= 0.6 is 11.6 Å². The van der Waals surface area contributed by atoms with Gasteiger partial charge in [-0.2, -0.15) is 0 Å². The van der Waals surface area contributed by atoms with Crippen LogP contribution < -0.4 is 5.32 Å². The van der Waals surface area contributed by atoms with Crippen molar-refractivity contribution in [3.63, 3.8) is 0 Å². The second-order valence-corrected chi connectivity index (χ2v) is 7.83. The Morgan fingerprint density at radius 3 is 2.60 bits per heavy atom. The second kappa shape index (κ2) is 7.33. The number of rotatable bonds is 2. The van der Waals surface area contributed by atoms with Crippen molar-refractivity contribution in [1.29, 1.82) is 0 Å². The molecule has 0 unspecified atom stereocenters. The molecule has 0 atom stereocenters. The number of nitrogens with one attached hydrogen (secondary N) is 1. The van der Waals surface area contributed by atoms with Crippen molar-refractivity contribution in [2.24, 2.45) is 0 Å². The third-order valence-electron chi connectivity index (χ3n) is 5.65. The van der Waals surface area contributed by atoms with Gasteiger partial charge in [0.2, 0.25) is 0 Å². The number of aryl methyl sites for hydroxylation is 1. The van der Waals surface area contributed by atoms with E-state index in [0.717, 1.165) is 47.3 Å². The van der Waals surface area contributed by atoms with E-state index in [4.69, 9.17) is 16.6 Å². The lowest BCUT2D eigenvalue weighted by molar-refractivity contribution is 0.0933. The minimum absolute atomic E-state index is 0.0180. The number of aromatic nitrogens is 1. The molecule has 2 aromatic rings. The molecule has 4 heteroatoms. The van der Waals surface area contributed by atoms with Crippen LogP contribution in [0, 0.1) is 0 Å². The van der Waals surface area contributed by atoms with Gasteiger partial charge in [-0.25, -0.2) is 0 Å². The van der Waals surface area contributed by atoms with E-state index in [1.807, 2.05) is 18.2 Å². The number of pyridine rings is 1. The third kappa shape index (κ3) is 3.52. The summed E-state index contributed by atoms with van der Waals surface area (Å²) in [5, 5.41) is 5.01. The van der Waals surface area contributed by atoms with Crippen molar-refractivity contribution in [3.05, 3.63) is 40.0 Å². The fourth-order valence-electron chi connectivity index (χ4n) is 4.20. The molecule has 0 radical (unpaired) electrons. The van der Waals surface area contributed by atoms with Crippen molar-refractivity contribution in [2.75, 3.05) is 0 Å². The number of amides is 1. The molecule has 1 fully saturated rings. The lowest BCUT2D eigenvalue weighted by Gasteiger charge is -2.19. The Labute approximate surface area is 154 Å². The molecule has 1 N–H and O–H groups in total. The molecule has 2 aliphatic rings. The van der Waals surface area contributed by atoms with E-state index in [2.05, 4.69) is 5.32 Å². The minimum atomic E-state index is 0.0180. The number of benzene rings is 1. The molecule has 1 amide bonds. The van der Waals surface area contributed by atoms with Gasteiger partial charge in [-0.05, 0) is 56.2 Å². The molecule has 1 saturated carbocycles. The molecule has 0 spiro atoms. The Bertz CT molecular complexity index is 794. The maximum atomic E-state index is 12.7. The van der Waals surface area contributed by atoms with Gasteiger partial charge in [0, 0.05) is 22.7 Å². The number of carbonyl (C=O) groups is 1. The number of hydrogen-bond donors (Lipinski definition) is 1. The Hall–Kier alpha value is -1.61. The average Bonchev–Trinajstić information content (AvgIpc) is 2.90. The molecule has 0 saturated heterocycles. The zero-order chi connectivity index (χ0) is 17.2. The van der Waals surface area contributed by atoms with Crippen molar-refractivity contribution < 1.29 is 4.79 Å². The van der Waals surface area contributed by atoms with Crippen LogP contribution in [-0.4, -0.2) is 16.9 Å². The van der Waals surface area contributed by atoms with Gasteiger partial charge in [0.15, 0.2) is 0 Å². The zero-order valence-corrected chi connectivity index (χ0v) is 15.4. The first-order valence-electron chi connectivity index (χ1n) is 9.64. The van der Waals surface area contributed by atoms with Gasteiger partial charge in [0.05, 0.1) is 10.5 Å². The number of fused-ring (bicyclic) bond motifs is 2. The summed E-state index contributed by atoms with van der Waals surface area (Å²) in [7, 11) is 0. The Kier molecular flexibility index (Phi) is 4.93. The van der Waals surface area contributed by atoms with Crippen molar-refractivity contribution >= 4 is 28.4 Å². The molecule has 132 valence electrons. The summed E-state index contributed by atoms with van der Waals surface area (Å²) in [6, 6.07) is 6.06. The molecule has 1 aromatic carbocycles. The summed E-state index contributed by atoms with van der Waals surface area (Å²) < 4.78 is 0. The first-order valence-corrected chi connectivity index (χ1v) is 10.0. The molecule has 1 aromatic heterocycles. The highest BCUT2D eigenvalue weighted by Crippen LogP contribution is 2.33. The van der Waals surface area contributed by atoms with Crippen LogP contribution in [0.15, 0.2) is 18.2 Å². The van der Waals surface area contributed by atoms with E-state index in [9.17, 15) is 4.79 Å². The molecule has 0 aliphatic heterocycles. The van der Waals surface area contributed by atoms with Crippen molar-refractivity contribution in [3.8, 4) is 0 Å². The fourth-order valence-corrected chi connectivity index (χ4v) is 4.56. The van der Waals surface area contributed by atoms with E-state index in [1.54, 1.807) is 0 Å².